The fraction of sp³-hybridized carbons (Fsp3) is 1.00. The van der Waals surface area contributed by atoms with Crippen molar-refractivity contribution < 1.29 is 20.6 Å². The van der Waals surface area contributed by atoms with Gasteiger partial charge in [-0.2, -0.15) is 20.7 Å². The normalized spacial score (nSPS) is 7.12. The van der Waals surface area contributed by atoms with Crippen LogP contribution in [-0.2, 0) is 0 Å². The Morgan fingerprint density at radius 2 is 1.24 bits per heavy atom. The van der Waals surface area contributed by atoms with Gasteiger partial charge in [0.15, 0.2) is 0 Å². The molecule has 0 aromatic heterocycles. The van der Waals surface area contributed by atoms with Crippen LogP contribution < -0.4 is 27.6 Å². The molecule has 0 spiro atoms. The van der Waals surface area contributed by atoms with Crippen LogP contribution in [0.3, 0.4) is 0 Å². The molecule has 0 unspecified atom stereocenters. The largest absolute Gasteiger partial charge is 0.742 e. The Morgan fingerprint density at radius 1 is 1.00 bits per heavy atom. The number of hydrogen-bond acceptors (Lipinski definition) is 12. The van der Waals surface area contributed by atoms with Gasteiger partial charge in [0.05, 0.1) is 26.1 Å². The Bertz CT molecular complexity index is 201. The molecule has 0 radical (unpaired) electrons. The van der Waals surface area contributed by atoms with Crippen molar-refractivity contribution in [1.82, 2.24) is 16.4 Å². The lowest BCUT2D eigenvalue weighted by Gasteiger charge is -1.94. The van der Waals surface area contributed by atoms with Crippen LogP contribution in [0.4, 0.5) is 0 Å². The highest BCUT2D eigenvalue weighted by atomic mass is 16.6. The van der Waals surface area contributed by atoms with E-state index in [0.717, 1.165) is 0 Å². The van der Waals surface area contributed by atoms with Crippen LogP contribution in [0.1, 0.15) is 22.3 Å². The Morgan fingerprint density at radius 3 is 1.24 bits per heavy atom. The third kappa shape index (κ3) is 209. The van der Waals surface area contributed by atoms with E-state index < -0.39 is 0 Å². The van der Waals surface area contributed by atoms with Crippen molar-refractivity contribution in [3.63, 3.8) is 0 Å². The highest BCUT2D eigenvalue weighted by Gasteiger charge is 1.75. The van der Waals surface area contributed by atoms with Crippen LogP contribution in [-0.4, -0.2) is 43.3 Å². The highest BCUT2D eigenvalue weighted by molar-refractivity contribution is 4.10. The first-order valence-corrected chi connectivity index (χ1v) is 4.65. The lowest BCUT2D eigenvalue weighted by Crippen LogP contribution is -2.87. The summed E-state index contributed by atoms with van der Waals surface area (Å²) in [6.45, 7) is 0. The Labute approximate surface area is 146 Å². The molecule has 0 aromatic rings. The van der Waals surface area contributed by atoms with Crippen molar-refractivity contribution in [3.8, 4) is 0 Å². The molecule has 0 aliphatic heterocycles. The van der Waals surface area contributed by atoms with E-state index in [1.165, 1.54) is 26.6 Å². The van der Waals surface area contributed by atoms with Gasteiger partial charge in [0.1, 0.15) is 0 Å². The van der Waals surface area contributed by atoms with E-state index >= 15 is 0 Å². The molecule has 0 amide bonds. The number of nitrogens with two attached hydrogens (primary N) is 2. The summed E-state index contributed by atoms with van der Waals surface area (Å²) in [5.41, 5.74) is 20.3. The van der Waals surface area contributed by atoms with Crippen LogP contribution in [0.15, 0.2) is 10.6 Å². The number of hydrazine groups is 2. The molecule has 0 fully saturated rings. The second kappa shape index (κ2) is 103. The first-order valence-electron chi connectivity index (χ1n) is 4.65. The molecule has 160 valence electrons. The van der Waals surface area contributed by atoms with Crippen LogP contribution in [0, 0.1) is 41.8 Å². The Kier molecular flexibility index (Phi) is 237. The van der Waals surface area contributed by atoms with Gasteiger partial charge in [-0.25, -0.2) is 5.59 Å². The monoisotopic (exact) mass is 384 g/mol. The molecular formula is C7H34N11O7-. The van der Waals surface area contributed by atoms with E-state index in [0.29, 0.717) is 0 Å². The standard InChI is InChI=1S/2CH5N3O2.CH5N2O.CH5N.3CH4.2HNO/c2*1-2-4(6)3-5;1-2-3-4;1-2;;;;2*1-2/h2*5H,1H3,(H,2,3);2-3H,1H3;2H2,1H3;3*1H4;2*1H/q;;-1;;;;;;. The van der Waals surface area contributed by atoms with E-state index in [4.69, 9.17) is 25.4 Å². The summed E-state index contributed by atoms with van der Waals surface area (Å²) in [6.07, 6.45) is 0. The maximum Gasteiger partial charge on any atom is 0.230 e. The molecule has 0 aliphatic carbocycles. The molecule has 25 heavy (non-hydrogen) atoms. The summed E-state index contributed by atoms with van der Waals surface area (Å²) < 4.78 is 0. The van der Waals surface area contributed by atoms with Crippen molar-refractivity contribution in [2.45, 2.75) is 22.3 Å². The van der Waals surface area contributed by atoms with Gasteiger partial charge in [0.25, 0.3) is 0 Å². The maximum absolute atomic E-state index is 9.57. The molecule has 0 saturated carbocycles. The first kappa shape index (κ1) is 57.4. The van der Waals surface area contributed by atoms with Crippen molar-refractivity contribution in [2.75, 3.05) is 28.2 Å². The molecule has 18 nitrogen and oxygen atoms in total. The van der Waals surface area contributed by atoms with Gasteiger partial charge < -0.3 is 31.8 Å². The van der Waals surface area contributed by atoms with E-state index in [2.05, 4.69) is 22.2 Å². The molecule has 0 atom stereocenters. The summed E-state index contributed by atoms with van der Waals surface area (Å²) >= 11 is 0. The van der Waals surface area contributed by atoms with Gasteiger partial charge in [0, 0.05) is 4.97 Å². The number of rotatable bonds is 3. The third-order valence-electron chi connectivity index (χ3n) is 0.656. The van der Waals surface area contributed by atoms with Gasteiger partial charge >= 0.3 is 0 Å². The average Bonchev–Trinajstić information content (AvgIpc) is 2.65. The Hall–Kier alpha value is -2.96. The van der Waals surface area contributed by atoms with Crippen molar-refractivity contribution >= 4 is 0 Å². The van der Waals surface area contributed by atoms with Crippen LogP contribution in [0.5, 0.6) is 0 Å². The number of nitrogens with one attached hydrogen (secondary N) is 5. The Balaban J connectivity index is -0.0000000183. The van der Waals surface area contributed by atoms with Crippen molar-refractivity contribution in [1.29, 1.82) is 11.2 Å². The zero-order valence-electron chi connectivity index (χ0n) is 12.3. The van der Waals surface area contributed by atoms with Crippen LogP contribution in [0.2, 0.25) is 0 Å². The molecule has 0 bridgehead atoms. The van der Waals surface area contributed by atoms with Gasteiger partial charge in [-0.3, -0.25) is 5.43 Å². The van der Waals surface area contributed by atoms with Crippen molar-refractivity contribution in [2.24, 2.45) is 16.3 Å². The van der Waals surface area contributed by atoms with E-state index in [1.54, 1.807) is 12.6 Å². The lowest BCUT2D eigenvalue weighted by molar-refractivity contribution is -0.676. The van der Waals surface area contributed by atoms with Gasteiger partial charge in [0.2, 0.25) is 5.28 Å². The fourth-order valence-corrected chi connectivity index (χ4v) is 0.0855. The maximum atomic E-state index is 9.57. The summed E-state index contributed by atoms with van der Waals surface area (Å²) in [6, 6.07) is 0. The third-order valence-corrected chi connectivity index (χ3v) is 0.656. The molecule has 0 rings (SSSR count). The van der Waals surface area contributed by atoms with Gasteiger partial charge in [-0.05, 0) is 12.3 Å². The zero-order chi connectivity index (χ0) is 19.4. The van der Waals surface area contributed by atoms with Gasteiger partial charge in [-0.1, -0.05) is 33.5 Å². The van der Waals surface area contributed by atoms with E-state index in [1.807, 2.05) is 16.1 Å². The SMILES string of the molecule is C.C.C.CN.CN[N+]([O-])=NO.CN[N+]([O-])=N[O-].C[NH2+]N[O-].N=O.N=O. The predicted octanol–water partition coefficient (Wildman–Crippen LogP) is -0.618. The highest BCUT2D eigenvalue weighted by Crippen LogP contribution is 1.57. The smallest absolute Gasteiger partial charge is 0.230 e. The summed E-state index contributed by atoms with van der Waals surface area (Å²) in [5, 5.41) is 48.7. The quantitative estimate of drug-likeness (QED) is 0.0995. The number of quaternary nitrogens is 1. The first-order chi connectivity index (χ1) is 10.5. The average molecular weight is 384 g/mol. The summed E-state index contributed by atoms with van der Waals surface area (Å²) in [5.74, 6) is 0. The topological polar surface area (TPSA) is 304 Å². The summed E-state index contributed by atoms with van der Waals surface area (Å²) in [7, 11) is 5.77. The van der Waals surface area contributed by atoms with E-state index in [9.17, 15) is 10.4 Å². The molecule has 18 heteroatoms. The number of nitrogens with zero attached hydrogens (tertiary/aromatic N) is 4. The molecule has 0 heterocycles. The molecular weight excluding hydrogens is 350 g/mol. The minimum absolute atomic E-state index is 0. The van der Waals surface area contributed by atoms with E-state index in [-0.39, 0.29) is 32.2 Å². The second-order valence-electron chi connectivity index (χ2n) is 1.57. The van der Waals surface area contributed by atoms with Crippen LogP contribution in [0.25, 0.3) is 0 Å². The zero-order valence-corrected chi connectivity index (χ0v) is 12.3. The van der Waals surface area contributed by atoms with Gasteiger partial charge in [-0.15, -0.1) is 0 Å². The lowest BCUT2D eigenvalue weighted by atomic mass is 11.5. The molecule has 0 aliphatic rings. The molecule has 0 saturated heterocycles. The van der Waals surface area contributed by atoms with Crippen LogP contribution >= 0.6 is 0 Å². The summed E-state index contributed by atoms with van der Waals surface area (Å²) in [4.78, 5) is 14.8. The number of nitroso groups, excluding NO2 is 2. The minimum atomic E-state index is -0.181. The second-order valence-corrected chi connectivity index (χ2v) is 1.57. The molecule has 10 N–H and O–H groups in total. The fourth-order valence-electron chi connectivity index (χ4n) is 0.0855. The minimum Gasteiger partial charge on any atom is -0.742 e. The van der Waals surface area contributed by atoms with Crippen molar-refractivity contribution in [3.05, 3.63) is 30.6 Å². The number of hydrogen-bond donors (Lipinski definition) is 8. The molecule has 0 aromatic carbocycles. The predicted molar refractivity (Wildman–Crippen MR) is 92.2 cm³/mol.